The second-order valence-electron chi connectivity index (χ2n) is 6.43. The highest BCUT2D eigenvalue weighted by molar-refractivity contribution is 5.91. The number of carbonyl (C=O) groups excluding carboxylic acids is 2. The molecular formula is C21H24N2O3. The predicted octanol–water partition coefficient (Wildman–Crippen LogP) is 3.14. The van der Waals surface area contributed by atoms with Gasteiger partial charge in [-0.25, -0.2) is 4.79 Å². The second kappa shape index (κ2) is 8.04. The Hall–Kier alpha value is -2.82. The minimum absolute atomic E-state index is 0.124. The summed E-state index contributed by atoms with van der Waals surface area (Å²) < 4.78 is 5.45. The van der Waals surface area contributed by atoms with Gasteiger partial charge in [-0.2, -0.15) is 0 Å². The van der Waals surface area contributed by atoms with Gasteiger partial charge in [0.1, 0.15) is 5.75 Å². The molecule has 5 heteroatoms. The number of benzene rings is 2. The van der Waals surface area contributed by atoms with Crippen molar-refractivity contribution in [3.8, 4) is 5.75 Å². The Balaban J connectivity index is 1.59. The van der Waals surface area contributed by atoms with Gasteiger partial charge in [0, 0.05) is 38.8 Å². The lowest BCUT2D eigenvalue weighted by Crippen LogP contribution is -2.48. The Morgan fingerprint density at radius 1 is 0.923 bits per heavy atom. The number of rotatable bonds is 4. The predicted molar refractivity (Wildman–Crippen MR) is 102 cm³/mol. The lowest BCUT2D eigenvalue weighted by molar-refractivity contribution is -0.129. The average Bonchev–Trinajstić information content (AvgIpc) is 2.68. The van der Waals surface area contributed by atoms with Crippen LogP contribution in [0.4, 0.5) is 5.69 Å². The second-order valence-corrected chi connectivity index (χ2v) is 6.43. The molecule has 1 aliphatic heterocycles. The van der Waals surface area contributed by atoms with Crippen LogP contribution >= 0.6 is 0 Å². The summed E-state index contributed by atoms with van der Waals surface area (Å²) in [5, 5.41) is 0. The zero-order chi connectivity index (χ0) is 18.5. The van der Waals surface area contributed by atoms with Crippen molar-refractivity contribution in [1.29, 1.82) is 0 Å². The molecule has 0 saturated carbocycles. The SMILES string of the molecule is CCc1ccc(C(=O)Oc2ccc(N3CCN(C(C)=O)CC3)cc2)cc1. The Morgan fingerprint density at radius 2 is 1.54 bits per heavy atom. The molecule has 1 saturated heterocycles. The van der Waals surface area contributed by atoms with Crippen LogP contribution in [0.5, 0.6) is 5.75 Å². The van der Waals surface area contributed by atoms with Crippen LogP contribution < -0.4 is 9.64 Å². The molecule has 0 N–H and O–H groups in total. The van der Waals surface area contributed by atoms with E-state index in [1.807, 2.05) is 41.3 Å². The van der Waals surface area contributed by atoms with Gasteiger partial charge in [0.2, 0.25) is 5.91 Å². The Bertz CT molecular complexity index is 761. The van der Waals surface area contributed by atoms with Crippen molar-refractivity contribution in [3.63, 3.8) is 0 Å². The van der Waals surface area contributed by atoms with Crippen LogP contribution in [-0.4, -0.2) is 43.0 Å². The lowest BCUT2D eigenvalue weighted by Gasteiger charge is -2.35. The molecule has 136 valence electrons. The largest absolute Gasteiger partial charge is 0.423 e. The summed E-state index contributed by atoms with van der Waals surface area (Å²) in [4.78, 5) is 27.7. The number of ether oxygens (including phenoxy) is 1. The number of hydrogen-bond donors (Lipinski definition) is 0. The van der Waals surface area contributed by atoms with Gasteiger partial charge in [-0.05, 0) is 48.4 Å². The highest BCUT2D eigenvalue weighted by Gasteiger charge is 2.18. The molecule has 0 radical (unpaired) electrons. The summed E-state index contributed by atoms with van der Waals surface area (Å²) in [5.74, 6) is 0.301. The first-order valence-electron chi connectivity index (χ1n) is 8.98. The molecule has 3 rings (SSSR count). The summed E-state index contributed by atoms with van der Waals surface area (Å²) in [6, 6.07) is 15.0. The summed E-state index contributed by atoms with van der Waals surface area (Å²) in [6.07, 6.45) is 0.942. The van der Waals surface area contributed by atoms with Gasteiger partial charge in [0.05, 0.1) is 5.56 Å². The molecule has 0 aromatic heterocycles. The number of amides is 1. The van der Waals surface area contributed by atoms with E-state index in [1.165, 1.54) is 5.56 Å². The molecular weight excluding hydrogens is 328 g/mol. The summed E-state index contributed by atoms with van der Waals surface area (Å²) in [5.41, 5.74) is 2.81. The van der Waals surface area contributed by atoms with E-state index in [1.54, 1.807) is 19.1 Å². The molecule has 0 bridgehead atoms. The van der Waals surface area contributed by atoms with Gasteiger partial charge >= 0.3 is 5.97 Å². The lowest BCUT2D eigenvalue weighted by atomic mass is 10.1. The third kappa shape index (κ3) is 4.23. The molecule has 2 aromatic carbocycles. The highest BCUT2D eigenvalue weighted by atomic mass is 16.5. The fraction of sp³-hybridized carbons (Fsp3) is 0.333. The maximum atomic E-state index is 12.2. The van der Waals surface area contributed by atoms with Crippen molar-refractivity contribution >= 4 is 17.6 Å². The van der Waals surface area contributed by atoms with E-state index in [9.17, 15) is 9.59 Å². The first-order valence-corrected chi connectivity index (χ1v) is 8.98. The smallest absolute Gasteiger partial charge is 0.343 e. The summed E-state index contributed by atoms with van der Waals surface area (Å²) in [6.45, 7) is 6.77. The van der Waals surface area contributed by atoms with Crippen LogP contribution in [0.2, 0.25) is 0 Å². The van der Waals surface area contributed by atoms with Gasteiger partial charge in [0.15, 0.2) is 0 Å². The van der Waals surface area contributed by atoms with Gasteiger partial charge in [0.25, 0.3) is 0 Å². The molecule has 0 unspecified atom stereocenters. The molecule has 26 heavy (non-hydrogen) atoms. The fourth-order valence-corrected chi connectivity index (χ4v) is 3.05. The number of anilines is 1. The van der Waals surface area contributed by atoms with Crippen LogP contribution in [-0.2, 0) is 11.2 Å². The van der Waals surface area contributed by atoms with E-state index in [0.29, 0.717) is 11.3 Å². The average molecular weight is 352 g/mol. The maximum Gasteiger partial charge on any atom is 0.343 e. The van der Waals surface area contributed by atoms with Crippen LogP contribution in [0.25, 0.3) is 0 Å². The molecule has 0 atom stereocenters. The van der Waals surface area contributed by atoms with Crippen LogP contribution in [0.15, 0.2) is 48.5 Å². The first kappa shape index (κ1) is 18.0. The van der Waals surface area contributed by atoms with Gasteiger partial charge in [-0.15, -0.1) is 0 Å². The molecule has 1 heterocycles. The molecule has 1 fully saturated rings. The Kier molecular flexibility index (Phi) is 5.56. The fourth-order valence-electron chi connectivity index (χ4n) is 3.05. The Labute approximate surface area is 154 Å². The quantitative estimate of drug-likeness (QED) is 0.627. The first-order chi connectivity index (χ1) is 12.6. The molecule has 1 aliphatic rings. The number of esters is 1. The number of aryl methyl sites for hydroxylation is 1. The number of carbonyl (C=O) groups is 2. The van der Waals surface area contributed by atoms with Crippen molar-refractivity contribution in [2.45, 2.75) is 20.3 Å². The minimum Gasteiger partial charge on any atom is -0.423 e. The summed E-state index contributed by atoms with van der Waals surface area (Å²) >= 11 is 0. The summed E-state index contributed by atoms with van der Waals surface area (Å²) in [7, 11) is 0. The van der Waals surface area contributed by atoms with Crippen LogP contribution in [0.3, 0.4) is 0 Å². The highest BCUT2D eigenvalue weighted by Crippen LogP contribution is 2.21. The maximum absolute atomic E-state index is 12.2. The molecule has 2 aromatic rings. The molecule has 0 aliphatic carbocycles. The monoisotopic (exact) mass is 352 g/mol. The van der Waals surface area contributed by atoms with Crippen molar-refractivity contribution in [3.05, 3.63) is 59.7 Å². The van der Waals surface area contributed by atoms with E-state index in [-0.39, 0.29) is 11.9 Å². The van der Waals surface area contributed by atoms with Gasteiger partial charge in [-0.1, -0.05) is 19.1 Å². The molecule has 5 nitrogen and oxygen atoms in total. The third-order valence-electron chi connectivity index (χ3n) is 4.74. The van der Waals surface area contributed by atoms with Gasteiger partial charge in [-0.3, -0.25) is 4.79 Å². The van der Waals surface area contributed by atoms with Crippen molar-refractivity contribution in [1.82, 2.24) is 4.90 Å². The van der Waals surface area contributed by atoms with E-state index < -0.39 is 0 Å². The van der Waals surface area contributed by atoms with E-state index in [4.69, 9.17) is 4.74 Å². The number of piperazine rings is 1. The van der Waals surface area contributed by atoms with Crippen LogP contribution in [0.1, 0.15) is 29.8 Å². The number of hydrogen-bond acceptors (Lipinski definition) is 4. The topological polar surface area (TPSA) is 49.9 Å². The zero-order valence-electron chi connectivity index (χ0n) is 15.3. The molecule has 0 spiro atoms. The standard InChI is InChI=1S/C21H24N2O3/c1-3-17-4-6-18(7-5-17)21(25)26-20-10-8-19(9-11-20)23-14-12-22(13-15-23)16(2)24/h4-11H,3,12-15H2,1-2H3. The van der Waals surface area contributed by atoms with Crippen LogP contribution in [0, 0.1) is 0 Å². The number of nitrogens with zero attached hydrogens (tertiary/aromatic N) is 2. The van der Waals surface area contributed by atoms with E-state index >= 15 is 0 Å². The molecule has 1 amide bonds. The van der Waals surface area contributed by atoms with Gasteiger partial charge < -0.3 is 14.5 Å². The third-order valence-corrected chi connectivity index (χ3v) is 4.74. The zero-order valence-corrected chi connectivity index (χ0v) is 15.3. The van der Waals surface area contributed by atoms with E-state index in [2.05, 4.69) is 11.8 Å². The minimum atomic E-state index is -0.351. The van der Waals surface area contributed by atoms with Crippen molar-refractivity contribution in [2.75, 3.05) is 31.1 Å². The van der Waals surface area contributed by atoms with Crippen molar-refractivity contribution in [2.24, 2.45) is 0 Å². The van der Waals surface area contributed by atoms with E-state index in [0.717, 1.165) is 38.3 Å². The normalized spacial score (nSPS) is 14.2. The van der Waals surface area contributed by atoms with Crippen molar-refractivity contribution < 1.29 is 14.3 Å². The Morgan fingerprint density at radius 3 is 2.08 bits per heavy atom.